The first-order valence-corrected chi connectivity index (χ1v) is 11.4. The number of hydrogen-bond donors (Lipinski definition) is 2. The number of carbonyl (C=O) groups is 2. The Kier molecular flexibility index (Phi) is 8.90. The van der Waals surface area contributed by atoms with Gasteiger partial charge in [-0.3, -0.25) is 4.90 Å². The van der Waals surface area contributed by atoms with Crippen molar-refractivity contribution in [1.82, 2.24) is 9.80 Å². The number of nitrogens with one attached hydrogen (secondary N) is 1. The van der Waals surface area contributed by atoms with E-state index in [0.717, 1.165) is 26.1 Å². The quantitative estimate of drug-likeness (QED) is 0.246. The molecule has 1 aliphatic carbocycles. The largest absolute Gasteiger partial charge is 0.459 e. The number of rotatable bonds is 9. The molecule has 0 atom stereocenters. The van der Waals surface area contributed by atoms with E-state index in [1.165, 1.54) is 0 Å². The van der Waals surface area contributed by atoms with E-state index in [-0.39, 0.29) is 24.3 Å². The zero-order chi connectivity index (χ0) is 23.8. The van der Waals surface area contributed by atoms with Crippen LogP contribution in [-0.4, -0.2) is 84.3 Å². The molecule has 184 valence electrons. The molecule has 10 heteroatoms. The maximum absolute atomic E-state index is 12.2. The van der Waals surface area contributed by atoms with Gasteiger partial charge in [0, 0.05) is 52.2 Å². The Hall–Kier alpha value is -2.40. The van der Waals surface area contributed by atoms with E-state index in [1.807, 2.05) is 20.8 Å². The summed E-state index contributed by atoms with van der Waals surface area (Å²) >= 11 is 0. The Morgan fingerprint density at radius 2 is 1.73 bits per heavy atom. The monoisotopic (exact) mass is 465 g/mol. The number of hydrogen-bond acceptors (Lipinski definition) is 9. The van der Waals surface area contributed by atoms with Crippen LogP contribution in [0.4, 0.5) is 10.5 Å². The minimum Gasteiger partial charge on any atom is -0.459 e. The number of nitrogens with zero attached hydrogens (tertiary/aromatic N) is 2. The topological polar surface area (TPSA) is 110 Å². The van der Waals surface area contributed by atoms with Gasteiger partial charge in [-0.25, -0.2) is 20.3 Å². The molecule has 0 bridgehead atoms. The van der Waals surface area contributed by atoms with Crippen LogP contribution in [0.15, 0.2) is 24.3 Å². The van der Waals surface area contributed by atoms with E-state index in [0.29, 0.717) is 43.8 Å². The molecule has 0 unspecified atom stereocenters. The lowest BCUT2D eigenvalue weighted by atomic mass is 9.92. The average Bonchev–Trinajstić information content (AvgIpc) is 2.74. The van der Waals surface area contributed by atoms with Crippen LogP contribution in [0.5, 0.6) is 0 Å². The Morgan fingerprint density at radius 1 is 1.06 bits per heavy atom. The maximum atomic E-state index is 12.2. The van der Waals surface area contributed by atoms with Crippen LogP contribution >= 0.6 is 0 Å². The van der Waals surface area contributed by atoms with E-state index >= 15 is 0 Å². The van der Waals surface area contributed by atoms with Crippen molar-refractivity contribution in [2.75, 3.05) is 44.8 Å². The van der Waals surface area contributed by atoms with Crippen LogP contribution in [0.25, 0.3) is 0 Å². The normalized spacial score (nSPS) is 21.3. The zero-order valence-corrected chi connectivity index (χ0v) is 19.6. The van der Waals surface area contributed by atoms with Gasteiger partial charge in [-0.05, 0) is 51.5 Å². The van der Waals surface area contributed by atoms with E-state index in [1.54, 1.807) is 29.2 Å². The third kappa shape index (κ3) is 8.15. The van der Waals surface area contributed by atoms with Gasteiger partial charge >= 0.3 is 12.1 Å². The summed E-state index contributed by atoms with van der Waals surface area (Å²) in [5.41, 5.74) is 2.76. The van der Waals surface area contributed by atoms with Crippen LogP contribution in [0.2, 0.25) is 0 Å². The molecule has 0 radical (unpaired) electrons. The fraction of sp³-hybridized carbons (Fsp3) is 0.652. The number of amides is 1. The summed E-state index contributed by atoms with van der Waals surface area (Å²) in [6.45, 7) is 10.3. The van der Waals surface area contributed by atoms with E-state index < -0.39 is 5.60 Å². The smallest absolute Gasteiger partial charge is 0.410 e. The number of piperazine rings is 1. The highest BCUT2D eigenvalue weighted by Crippen LogP contribution is 2.27. The van der Waals surface area contributed by atoms with Gasteiger partial charge in [-0.2, -0.15) is 0 Å². The number of benzene rings is 1. The molecule has 2 fully saturated rings. The molecule has 1 aromatic rings. The van der Waals surface area contributed by atoms with Crippen molar-refractivity contribution in [3.8, 4) is 0 Å². The lowest BCUT2D eigenvalue weighted by Crippen LogP contribution is -2.50. The van der Waals surface area contributed by atoms with Gasteiger partial charge in [-0.15, -0.1) is 4.99 Å². The van der Waals surface area contributed by atoms with Crippen molar-refractivity contribution < 1.29 is 34.0 Å². The molecule has 1 aromatic carbocycles. The van der Waals surface area contributed by atoms with E-state index in [2.05, 4.69) is 15.4 Å². The van der Waals surface area contributed by atoms with Crippen molar-refractivity contribution >= 4 is 17.7 Å². The van der Waals surface area contributed by atoms with Gasteiger partial charge in [0.15, 0.2) is 0 Å². The lowest BCUT2D eigenvalue weighted by molar-refractivity contribution is -0.215. The molecule has 0 spiro atoms. The maximum Gasteiger partial charge on any atom is 0.410 e. The van der Waals surface area contributed by atoms with Gasteiger partial charge in [0.1, 0.15) is 11.7 Å². The summed E-state index contributed by atoms with van der Waals surface area (Å²) in [5, 5.41) is 8.35. The Bertz CT molecular complexity index is 767. The summed E-state index contributed by atoms with van der Waals surface area (Å²) in [5.74, 6) is -0.375. The molecule has 10 nitrogen and oxygen atoms in total. The molecule has 2 N–H and O–H groups in total. The molecule has 33 heavy (non-hydrogen) atoms. The molecule has 0 aromatic heterocycles. The SMILES string of the molecule is CC(C)(C)OC(=O)N1CCN(CCCO[C@H]2C[C@H](OC(=O)c3ccc(NOO)cc3)C2)CC1. The van der Waals surface area contributed by atoms with Crippen molar-refractivity contribution in [2.45, 2.75) is 57.8 Å². The van der Waals surface area contributed by atoms with Crippen molar-refractivity contribution in [2.24, 2.45) is 0 Å². The fourth-order valence-corrected chi connectivity index (χ4v) is 3.71. The number of carbonyl (C=O) groups excluding carboxylic acids is 2. The van der Waals surface area contributed by atoms with Gasteiger partial charge in [0.25, 0.3) is 0 Å². The summed E-state index contributed by atoms with van der Waals surface area (Å²) in [6, 6.07) is 6.42. The highest BCUT2D eigenvalue weighted by molar-refractivity contribution is 5.90. The Balaban J connectivity index is 1.23. The van der Waals surface area contributed by atoms with E-state index in [9.17, 15) is 9.59 Å². The molecule has 1 saturated carbocycles. The van der Waals surface area contributed by atoms with Crippen LogP contribution in [-0.2, 0) is 19.2 Å². The standard InChI is InChI=1S/C23H35N3O7/c1-23(2,3)32-22(28)26-12-10-25(11-13-26)9-4-14-30-19-15-20(16-19)31-21(27)17-5-7-18(8-6-17)24-33-29/h5-8,19-20,24,29H,4,9-16H2,1-3H3/t19-,20-. The van der Waals surface area contributed by atoms with Gasteiger partial charge < -0.3 is 19.1 Å². The Morgan fingerprint density at radius 3 is 2.33 bits per heavy atom. The van der Waals surface area contributed by atoms with Gasteiger partial charge in [0.2, 0.25) is 0 Å². The van der Waals surface area contributed by atoms with Gasteiger partial charge in [0.05, 0.1) is 17.4 Å². The molecule has 1 aliphatic heterocycles. The molecule has 1 saturated heterocycles. The highest BCUT2D eigenvalue weighted by Gasteiger charge is 2.33. The molecule has 3 rings (SSSR count). The fourth-order valence-electron chi connectivity index (χ4n) is 3.71. The zero-order valence-electron chi connectivity index (χ0n) is 19.6. The third-order valence-corrected chi connectivity index (χ3v) is 5.61. The van der Waals surface area contributed by atoms with Crippen molar-refractivity contribution in [3.05, 3.63) is 29.8 Å². The number of ether oxygens (including phenoxy) is 3. The molecule has 1 amide bonds. The van der Waals surface area contributed by atoms with Crippen molar-refractivity contribution in [1.29, 1.82) is 0 Å². The minimum atomic E-state index is -0.468. The summed E-state index contributed by atoms with van der Waals surface area (Å²) in [7, 11) is 0. The highest BCUT2D eigenvalue weighted by atomic mass is 17.2. The second-order valence-electron chi connectivity index (χ2n) is 9.42. The van der Waals surface area contributed by atoms with E-state index in [4.69, 9.17) is 19.5 Å². The third-order valence-electron chi connectivity index (χ3n) is 5.61. The second kappa shape index (κ2) is 11.6. The Labute approximate surface area is 194 Å². The predicted octanol–water partition coefficient (Wildman–Crippen LogP) is 3.15. The number of anilines is 1. The van der Waals surface area contributed by atoms with Crippen LogP contribution in [0.3, 0.4) is 0 Å². The molecule has 1 heterocycles. The molecular formula is C23H35N3O7. The second-order valence-corrected chi connectivity index (χ2v) is 9.42. The lowest BCUT2D eigenvalue weighted by Gasteiger charge is -2.36. The van der Waals surface area contributed by atoms with Crippen LogP contribution in [0.1, 0.15) is 50.4 Å². The van der Waals surface area contributed by atoms with Gasteiger partial charge in [-0.1, -0.05) is 0 Å². The molecular weight excluding hydrogens is 430 g/mol. The first kappa shape index (κ1) is 25.2. The van der Waals surface area contributed by atoms with Crippen LogP contribution in [0, 0.1) is 0 Å². The summed E-state index contributed by atoms with van der Waals surface area (Å²) in [4.78, 5) is 32.3. The predicted molar refractivity (Wildman–Crippen MR) is 121 cm³/mol. The summed E-state index contributed by atoms with van der Waals surface area (Å²) < 4.78 is 16.8. The minimum absolute atomic E-state index is 0.123. The van der Waals surface area contributed by atoms with Crippen molar-refractivity contribution in [3.63, 3.8) is 0 Å². The molecule has 2 aliphatic rings. The van der Waals surface area contributed by atoms with Crippen LogP contribution < -0.4 is 5.48 Å². The average molecular weight is 466 g/mol. The first-order chi connectivity index (χ1) is 15.7. The number of esters is 1. The summed E-state index contributed by atoms with van der Waals surface area (Å²) in [6.07, 6.45) is 2.10. The first-order valence-electron chi connectivity index (χ1n) is 11.4.